The minimum Gasteiger partial charge on any atom is -0.508 e. The van der Waals surface area contributed by atoms with Gasteiger partial charge in [-0.1, -0.05) is 42.5 Å². The monoisotopic (exact) mass is 311 g/mol. The van der Waals surface area contributed by atoms with E-state index in [0.717, 1.165) is 24.0 Å². The normalized spacial score (nSPS) is 19.9. The number of phenolic OH excluding ortho intramolecular Hbond substituents is 1. The van der Waals surface area contributed by atoms with Crippen molar-refractivity contribution in [3.05, 3.63) is 65.2 Å². The molecule has 0 bridgehead atoms. The molecular formula is C19H21NO3. The fraction of sp³-hybridized carbons (Fsp3) is 0.316. The molecule has 0 heterocycles. The summed E-state index contributed by atoms with van der Waals surface area (Å²) in [6.45, 7) is 0.191. The molecule has 1 aliphatic carbocycles. The second-order valence-electron chi connectivity index (χ2n) is 6.12. The molecule has 1 amide bonds. The third-order valence-corrected chi connectivity index (χ3v) is 4.48. The molecule has 3 N–H and O–H groups in total. The van der Waals surface area contributed by atoms with Crippen LogP contribution in [0.5, 0.6) is 5.75 Å². The summed E-state index contributed by atoms with van der Waals surface area (Å²) < 4.78 is 0. The van der Waals surface area contributed by atoms with Gasteiger partial charge in [0.2, 0.25) is 5.91 Å². The standard InChI is InChI=1S/C19H21NO3/c21-17-10-4-2-7-15(17)12-18(22)20-13-19(23)11-5-8-14-6-1-3-9-16(14)19/h1-4,6-7,9-10,21,23H,5,8,11-13H2,(H,20,22). The predicted octanol–water partition coefficient (Wildman–Crippen LogP) is 2.28. The van der Waals surface area contributed by atoms with Gasteiger partial charge in [-0.05, 0) is 36.5 Å². The number of phenols is 1. The third-order valence-electron chi connectivity index (χ3n) is 4.48. The minimum atomic E-state index is -1.01. The maximum Gasteiger partial charge on any atom is 0.224 e. The van der Waals surface area contributed by atoms with Crippen molar-refractivity contribution in [2.75, 3.05) is 6.54 Å². The number of carbonyl (C=O) groups is 1. The summed E-state index contributed by atoms with van der Waals surface area (Å²) in [6, 6.07) is 14.6. The number of aliphatic hydroxyl groups is 1. The highest BCUT2D eigenvalue weighted by Crippen LogP contribution is 2.34. The maximum atomic E-state index is 12.1. The van der Waals surface area contributed by atoms with Crippen LogP contribution in [0.4, 0.5) is 0 Å². The largest absolute Gasteiger partial charge is 0.508 e. The van der Waals surface area contributed by atoms with Gasteiger partial charge in [-0.3, -0.25) is 4.79 Å². The Balaban J connectivity index is 1.66. The minimum absolute atomic E-state index is 0.102. The Hall–Kier alpha value is -2.33. The van der Waals surface area contributed by atoms with Gasteiger partial charge in [0.1, 0.15) is 11.4 Å². The fourth-order valence-electron chi connectivity index (χ4n) is 3.22. The van der Waals surface area contributed by atoms with Crippen molar-refractivity contribution in [1.82, 2.24) is 5.32 Å². The molecule has 0 aliphatic heterocycles. The van der Waals surface area contributed by atoms with Crippen LogP contribution >= 0.6 is 0 Å². The number of para-hydroxylation sites is 1. The SMILES string of the molecule is O=C(Cc1ccccc1O)NCC1(O)CCCc2ccccc21. The fourth-order valence-corrected chi connectivity index (χ4v) is 3.22. The Bertz CT molecular complexity index is 713. The van der Waals surface area contributed by atoms with Gasteiger partial charge in [0, 0.05) is 5.56 Å². The average molecular weight is 311 g/mol. The lowest BCUT2D eigenvalue weighted by molar-refractivity contribution is -0.122. The van der Waals surface area contributed by atoms with E-state index in [-0.39, 0.29) is 24.6 Å². The summed E-state index contributed by atoms with van der Waals surface area (Å²) in [7, 11) is 0. The van der Waals surface area contributed by atoms with Crippen molar-refractivity contribution in [2.24, 2.45) is 0 Å². The molecule has 23 heavy (non-hydrogen) atoms. The molecule has 4 nitrogen and oxygen atoms in total. The molecule has 1 aliphatic rings. The van der Waals surface area contributed by atoms with E-state index in [1.165, 1.54) is 0 Å². The second kappa shape index (κ2) is 6.42. The molecular weight excluding hydrogens is 290 g/mol. The lowest BCUT2D eigenvalue weighted by Gasteiger charge is -2.34. The maximum absolute atomic E-state index is 12.1. The Morgan fingerprint density at radius 3 is 2.70 bits per heavy atom. The van der Waals surface area contributed by atoms with E-state index < -0.39 is 5.60 Å². The summed E-state index contributed by atoms with van der Waals surface area (Å²) in [5.41, 5.74) is 1.63. The molecule has 1 unspecified atom stereocenters. The molecule has 2 aromatic carbocycles. The smallest absolute Gasteiger partial charge is 0.224 e. The zero-order chi connectivity index (χ0) is 16.3. The second-order valence-corrected chi connectivity index (χ2v) is 6.12. The first-order valence-corrected chi connectivity index (χ1v) is 7.93. The highest BCUT2D eigenvalue weighted by Gasteiger charge is 2.34. The van der Waals surface area contributed by atoms with E-state index in [4.69, 9.17) is 0 Å². The van der Waals surface area contributed by atoms with Crippen molar-refractivity contribution in [1.29, 1.82) is 0 Å². The van der Waals surface area contributed by atoms with Gasteiger partial charge in [-0.2, -0.15) is 0 Å². The number of benzene rings is 2. The zero-order valence-electron chi connectivity index (χ0n) is 13.0. The lowest BCUT2D eigenvalue weighted by Crippen LogP contribution is -2.43. The number of rotatable bonds is 4. The number of carbonyl (C=O) groups excluding carboxylic acids is 1. The van der Waals surface area contributed by atoms with Gasteiger partial charge in [-0.25, -0.2) is 0 Å². The summed E-state index contributed by atoms with van der Waals surface area (Å²) >= 11 is 0. The van der Waals surface area contributed by atoms with E-state index in [1.54, 1.807) is 24.3 Å². The highest BCUT2D eigenvalue weighted by atomic mass is 16.3. The van der Waals surface area contributed by atoms with Gasteiger partial charge < -0.3 is 15.5 Å². The van der Waals surface area contributed by atoms with Gasteiger partial charge in [0.05, 0.1) is 13.0 Å². The van der Waals surface area contributed by atoms with Crippen LogP contribution in [0.1, 0.15) is 29.5 Å². The number of amides is 1. The average Bonchev–Trinajstić information content (AvgIpc) is 2.56. The van der Waals surface area contributed by atoms with Crippen molar-refractivity contribution in [3.63, 3.8) is 0 Å². The van der Waals surface area contributed by atoms with E-state index >= 15 is 0 Å². The van der Waals surface area contributed by atoms with Crippen LogP contribution in [0.15, 0.2) is 48.5 Å². The predicted molar refractivity (Wildman–Crippen MR) is 88.1 cm³/mol. The van der Waals surface area contributed by atoms with Crippen molar-refractivity contribution >= 4 is 5.91 Å². The molecule has 0 saturated carbocycles. The van der Waals surface area contributed by atoms with Crippen LogP contribution in [-0.2, 0) is 23.2 Å². The van der Waals surface area contributed by atoms with E-state index in [1.807, 2.05) is 24.3 Å². The van der Waals surface area contributed by atoms with E-state index in [2.05, 4.69) is 5.32 Å². The van der Waals surface area contributed by atoms with Crippen molar-refractivity contribution in [3.8, 4) is 5.75 Å². The summed E-state index contributed by atoms with van der Waals surface area (Å²) in [4.78, 5) is 12.1. The van der Waals surface area contributed by atoms with E-state index in [0.29, 0.717) is 12.0 Å². The number of aryl methyl sites for hydroxylation is 1. The van der Waals surface area contributed by atoms with Crippen LogP contribution in [0.3, 0.4) is 0 Å². The quantitative estimate of drug-likeness (QED) is 0.811. The molecule has 1 atom stereocenters. The van der Waals surface area contributed by atoms with E-state index in [9.17, 15) is 15.0 Å². The van der Waals surface area contributed by atoms with Crippen LogP contribution < -0.4 is 5.32 Å². The molecule has 0 fully saturated rings. The number of nitrogens with one attached hydrogen (secondary N) is 1. The number of aromatic hydroxyl groups is 1. The molecule has 0 spiro atoms. The van der Waals surface area contributed by atoms with Gasteiger partial charge in [0.25, 0.3) is 0 Å². The van der Waals surface area contributed by atoms with Gasteiger partial charge in [0.15, 0.2) is 0 Å². The zero-order valence-corrected chi connectivity index (χ0v) is 13.0. The Labute approximate surface area is 135 Å². The van der Waals surface area contributed by atoms with Crippen LogP contribution in [0.2, 0.25) is 0 Å². The topological polar surface area (TPSA) is 69.6 Å². The first-order chi connectivity index (χ1) is 11.1. The highest BCUT2D eigenvalue weighted by molar-refractivity contribution is 5.79. The van der Waals surface area contributed by atoms with Crippen LogP contribution in [0, 0.1) is 0 Å². The Kier molecular flexibility index (Phi) is 4.35. The van der Waals surface area contributed by atoms with Gasteiger partial charge in [-0.15, -0.1) is 0 Å². The molecule has 4 heteroatoms. The molecule has 0 aromatic heterocycles. The van der Waals surface area contributed by atoms with Crippen LogP contribution in [-0.4, -0.2) is 22.7 Å². The van der Waals surface area contributed by atoms with Crippen molar-refractivity contribution in [2.45, 2.75) is 31.3 Å². The lowest BCUT2D eigenvalue weighted by atomic mass is 9.79. The van der Waals surface area contributed by atoms with Gasteiger partial charge >= 0.3 is 0 Å². The van der Waals surface area contributed by atoms with Crippen LogP contribution in [0.25, 0.3) is 0 Å². The molecule has 120 valence electrons. The summed E-state index contributed by atoms with van der Waals surface area (Å²) in [6.07, 6.45) is 2.61. The number of fused-ring (bicyclic) bond motifs is 1. The summed E-state index contributed by atoms with van der Waals surface area (Å²) in [5.74, 6) is -0.0904. The first-order valence-electron chi connectivity index (χ1n) is 7.93. The molecule has 2 aromatic rings. The third kappa shape index (κ3) is 3.37. The number of hydrogen-bond donors (Lipinski definition) is 3. The Morgan fingerprint density at radius 1 is 1.13 bits per heavy atom. The molecule has 0 saturated heterocycles. The molecule has 3 rings (SSSR count). The molecule has 0 radical (unpaired) electrons. The Morgan fingerprint density at radius 2 is 1.87 bits per heavy atom. The first kappa shape index (κ1) is 15.6. The summed E-state index contributed by atoms with van der Waals surface area (Å²) in [5, 5.41) is 23.5. The number of hydrogen-bond acceptors (Lipinski definition) is 3. The van der Waals surface area contributed by atoms with Crippen molar-refractivity contribution < 1.29 is 15.0 Å².